The number of aromatic carboxylic acids is 1. The summed E-state index contributed by atoms with van der Waals surface area (Å²) in [7, 11) is 0. The molecular formula is C14H15N3O4S. The third kappa shape index (κ3) is 4.32. The summed E-state index contributed by atoms with van der Waals surface area (Å²) in [4.78, 5) is 23.1. The molecule has 7 nitrogen and oxygen atoms in total. The molecule has 116 valence electrons. The van der Waals surface area contributed by atoms with Crippen molar-refractivity contribution in [2.75, 3.05) is 6.61 Å². The molecule has 2 rings (SSSR count). The summed E-state index contributed by atoms with van der Waals surface area (Å²) in [6.07, 6.45) is 1.65. The molecule has 0 saturated heterocycles. The minimum Gasteiger partial charge on any atom is -0.478 e. The van der Waals surface area contributed by atoms with Crippen LogP contribution in [-0.4, -0.2) is 38.6 Å². The van der Waals surface area contributed by atoms with Crippen LogP contribution in [-0.2, 0) is 21.8 Å². The van der Waals surface area contributed by atoms with Crippen molar-refractivity contribution in [2.24, 2.45) is 0 Å². The molecule has 0 spiro atoms. The number of carbonyl (C=O) groups is 2. The van der Waals surface area contributed by atoms with Crippen molar-refractivity contribution in [3.8, 4) is 0 Å². The van der Waals surface area contributed by atoms with E-state index in [9.17, 15) is 9.59 Å². The number of hydrogen-bond donors (Lipinski definition) is 1. The minimum absolute atomic E-state index is 0.0111. The fraction of sp³-hybridized carbons (Fsp3) is 0.286. The molecule has 1 aromatic heterocycles. The minimum atomic E-state index is -0.964. The second-order valence-corrected chi connectivity index (χ2v) is 5.32. The van der Waals surface area contributed by atoms with Crippen LogP contribution in [0.5, 0.6) is 0 Å². The summed E-state index contributed by atoms with van der Waals surface area (Å²) in [5.74, 6) is -0.871. The van der Waals surface area contributed by atoms with Crippen molar-refractivity contribution in [2.45, 2.75) is 24.1 Å². The lowest BCUT2D eigenvalue weighted by Crippen LogP contribution is -2.13. The molecule has 1 aromatic carbocycles. The van der Waals surface area contributed by atoms with E-state index in [4.69, 9.17) is 9.84 Å². The van der Waals surface area contributed by atoms with Gasteiger partial charge in [-0.25, -0.2) is 9.48 Å². The molecule has 0 saturated carbocycles. The Morgan fingerprint density at radius 3 is 2.86 bits per heavy atom. The normalized spacial score (nSPS) is 10.4. The summed E-state index contributed by atoms with van der Waals surface area (Å²) < 4.78 is 6.23. The smallest absolute Gasteiger partial charge is 0.336 e. The molecule has 0 unspecified atom stereocenters. The van der Waals surface area contributed by atoms with Crippen molar-refractivity contribution in [3.63, 3.8) is 0 Å². The van der Waals surface area contributed by atoms with Gasteiger partial charge in [-0.2, -0.15) is 0 Å². The van der Waals surface area contributed by atoms with Gasteiger partial charge in [-0.3, -0.25) is 4.79 Å². The molecule has 8 heteroatoms. The first-order chi connectivity index (χ1) is 10.6. The van der Waals surface area contributed by atoms with Crippen LogP contribution in [0.4, 0.5) is 0 Å². The number of thioether (sulfide) groups is 1. The van der Waals surface area contributed by atoms with Crippen LogP contribution in [0.15, 0.2) is 35.4 Å². The Balaban J connectivity index is 1.97. The Morgan fingerprint density at radius 1 is 1.36 bits per heavy atom. The predicted octanol–water partition coefficient (Wildman–Crippen LogP) is 1.83. The summed E-state index contributed by atoms with van der Waals surface area (Å²) in [5, 5.41) is 16.9. The fourth-order valence-corrected chi connectivity index (χ4v) is 2.66. The third-order valence-corrected chi connectivity index (χ3v) is 3.78. The van der Waals surface area contributed by atoms with E-state index in [1.807, 2.05) is 0 Å². The Kier molecular flexibility index (Phi) is 5.54. The molecule has 0 amide bonds. The highest BCUT2D eigenvalue weighted by molar-refractivity contribution is 7.98. The second-order valence-electron chi connectivity index (χ2n) is 4.30. The zero-order valence-corrected chi connectivity index (χ0v) is 12.7. The van der Waals surface area contributed by atoms with E-state index in [1.165, 1.54) is 16.4 Å². The molecule has 2 aromatic rings. The number of hydrogen-bond acceptors (Lipinski definition) is 6. The fourth-order valence-electron chi connectivity index (χ4n) is 1.74. The molecule has 1 N–H and O–H groups in total. The van der Waals surface area contributed by atoms with Gasteiger partial charge in [0.15, 0.2) is 0 Å². The number of nitrogens with zero attached hydrogens (tertiary/aromatic N) is 3. The Morgan fingerprint density at radius 2 is 2.14 bits per heavy atom. The standard InChI is InChI=1S/C14H15N3O4S/c1-2-21-13(18)8-17-7-10(15-16-17)9-22-12-6-4-3-5-11(12)14(19)20/h3-7H,2,8-9H2,1H3,(H,19,20). The van der Waals surface area contributed by atoms with E-state index in [1.54, 1.807) is 37.4 Å². The number of esters is 1. The van der Waals surface area contributed by atoms with E-state index in [2.05, 4.69) is 10.3 Å². The van der Waals surface area contributed by atoms with Crippen molar-refractivity contribution in [3.05, 3.63) is 41.7 Å². The van der Waals surface area contributed by atoms with Crippen molar-refractivity contribution in [1.29, 1.82) is 0 Å². The van der Waals surface area contributed by atoms with E-state index >= 15 is 0 Å². The SMILES string of the molecule is CCOC(=O)Cn1cc(CSc2ccccc2C(=O)O)nn1. The molecule has 0 fully saturated rings. The van der Waals surface area contributed by atoms with Gasteiger partial charge < -0.3 is 9.84 Å². The van der Waals surface area contributed by atoms with Crippen LogP contribution in [0.2, 0.25) is 0 Å². The average molecular weight is 321 g/mol. The van der Waals surface area contributed by atoms with E-state index in [0.29, 0.717) is 22.9 Å². The lowest BCUT2D eigenvalue weighted by Gasteiger charge is -2.03. The van der Waals surface area contributed by atoms with Gasteiger partial charge in [0.1, 0.15) is 6.54 Å². The number of carbonyl (C=O) groups excluding carboxylic acids is 1. The predicted molar refractivity (Wildman–Crippen MR) is 79.6 cm³/mol. The molecule has 0 bridgehead atoms. The number of benzene rings is 1. The lowest BCUT2D eigenvalue weighted by atomic mass is 10.2. The molecular weight excluding hydrogens is 306 g/mol. The Labute approximate surface area is 131 Å². The summed E-state index contributed by atoms with van der Waals surface area (Å²) in [6.45, 7) is 2.07. The van der Waals surface area contributed by atoms with Gasteiger partial charge in [0.2, 0.25) is 0 Å². The van der Waals surface area contributed by atoms with E-state index < -0.39 is 5.97 Å². The first kappa shape index (κ1) is 16.0. The van der Waals surface area contributed by atoms with Crippen LogP contribution < -0.4 is 0 Å². The van der Waals surface area contributed by atoms with Gasteiger partial charge in [-0.05, 0) is 19.1 Å². The number of carboxylic acids is 1. The van der Waals surface area contributed by atoms with Gasteiger partial charge in [-0.1, -0.05) is 17.3 Å². The van der Waals surface area contributed by atoms with Crippen molar-refractivity contribution < 1.29 is 19.4 Å². The summed E-state index contributed by atoms with van der Waals surface area (Å²) in [6, 6.07) is 6.77. The van der Waals surface area contributed by atoms with Gasteiger partial charge in [0.05, 0.1) is 17.9 Å². The zero-order valence-electron chi connectivity index (χ0n) is 11.9. The summed E-state index contributed by atoms with van der Waals surface area (Å²) in [5.41, 5.74) is 0.918. The number of carboxylic acid groups (broad SMARTS) is 1. The van der Waals surface area contributed by atoms with Gasteiger partial charge in [0.25, 0.3) is 0 Å². The largest absolute Gasteiger partial charge is 0.478 e. The molecule has 0 aliphatic rings. The highest BCUT2D eigenvalue weighted by Crippen LogP contribution is 2.25. The second kappa shape index (κ2) is 7.60. The quantitative estimate of drug-likeness (QED) is 0.614. The first-order valence-electron chi connectivity index (χ1n) is 6.60. The number of aromatic nitrogens is 3. The van der Waals surface area contributed by atoms with Crippen molar-refractivity contribution >= 4 is 23.7 Å². The van der Waals surface area contributed by atoms with Gasteiger partial charge in [-0.15, -0.1) is 16.9 Å². The van der Waals surface area contributed by atoms with E-state index in [0.717, 1.165) is 0 Å². The van der Waals surface area contributed by atoms with Gasteiger partial charge >= 0.3 is 11.9 Å². The van der Waals surface area contributed by atoms with Crippen molar-refractivity contribution in [1.82, 2.24) is 15.0 Å². The highest BCUT2D eigenvalue weighted by Gasteiger charge is 2.11. The van der Waals surface area contributed by atoms with Crippen LogP contribution in [0, 0.1) is 0 Å². The molecule has 0 atom stereocenters. The summed E-state index contributed by atoms with van der Waals surface area (Å²) >= 11 is 1.36. The number of rotatable bonds is 7. The lowest BCUT2D eigenvalue weighted by molar-refractivity contribution is -0.144. The maximum Gasteiger partial charge on any atom is 0.336 e. The highest BCUT2D eigenvalue weighted by atomic mass is 32.2. The Bertz CT molecular complexity index is 672. The third-order valence-electron chi connectivity index (χ3n) is 2.68. The van der Waals surface area contributed by atoms with Crippen LogP contribution >= 0.6 is 11.8 Å². The molecule has 1 heterocycles. The van der Waals surface area contributed by atoms with Gasteiger partial charge in [0, 0.05) is 16.8 Å². The molecule has 0 aliphatic heterocycles. The topological polar surface area (TPSA) is 94.3 Å². The zero-order chi connectivity index (χ0) is 15.9. The molecule has 0 radical (unpaired) electrons. The van der Waals surface area contributed by atoms with Crippen LogP contribution in [0.25, 0.3) is 0 Å². The average Bonchev–Trinajstić information content (AvgIpc) is 2.93. The van der Waals surface area contributed by atoms with E-state index in [-0.39, 0.29) is 18.1 Å². The van der Waals surface area contributed by atoms with Crippen LogP contribution in [0.1, 0.15) is 23.0 Å². The van der Waals surface area contributed by atoms with Crippen LogP contribution in [0.3, 0.4) is 0 Å². The molecule has 0 aliphatic carbocycles. The maximum atomic E-state index is 11.3. The Hall–Kier alpha value is -2.35. The maximum absolute atomic E-state index is 11.3. The number of ether oxygens (including phenoxy) is 1. The monoisotopic (exact) mass is 321 g/mol. The molecule has 22 heavy (non-hydrogen) atoms. The first-order valence-corrected chi connectivity index (χ1v) is 7.58.